The summed E-state index contributed by atoms with van der Waals surface area (Å²) in [7, 11) is 0. The maximum Gasteiger partial charge on any atom is 0.234 e. The average molecular weight is 304 g/mol. The second kappa shape index (κ2) is 6.63. The predicted molar refractivity (Wildman–Crippen MR) is 86.1 cm³/mol. The van der Waals surface area contributed by atoms with E-state index in [4.69, 9.17) is 5.73 Å². The molecule has 3 N–H and O–H groups in total. The number of halogens is 1. The number of nitrogens with two attached hydrogens (primary N) is 1. The zero-order valence-electron chi connectivity index (χ0n) is 11.9. The van der Waals surface area contributed by atoms with Crippen molar-refractivity contribution in [2.24, 2.45) is 0 Å². The normalized spacial score (nSPS) is 10.4. The highest BCUT2D eigenvalue weighted by Crippen LogP contribution is 2.26. The van der Waals surface area contributed by atoms with Crippen LogP contribution in [0.2, 0.25) is 0 Å². The maximum atomic E-state index is 13.2. The molecule has 0 aromatic heterocycles. The minimum absolute atomic E-state index is 0.171. The molecule has 0 fully saturated rings. The summed E-state index contributed by atoms with van der Waals surface area (Å²) in [5.74, 6) is -0.286. The first-order valence-electron chi connectivity index (χ1n) is 6.51. The summed E-state index contributed by atoms with van der Waals surface area (Å²) >= 11 is 1.41. The fourth-order valence-corrected chi connectivity index (χ4v) is 2.71. The number of thioether (sulfide) groups is 1. The standard InChI is InChI=1S/C16H17FN2OS/c1-10-6-7-12(17)8-14(10)19-16(20)9-21-15-5-3-4-13(18)11(15)2/h3-8H,9,18H2,1-2H3,(H,19,20). The topological polar surface area (TPSA) is 55.1 Å². The van der Waals surface area contributed by atoms with Gasteiger partial charge in [-0.3, -0.25) is 4.79 Å². The lowest BCUT2D eigenvalue weighted by atomic mass is 10.2. The summed E-state index contributed by atoms with van der Waals surface area (Å²) in [4.78, 5) is 12.9. The SMILES string of the molecule is Cc1ccc(F)cc1NC(=O)CSc1cccc(N)c1C. The molecule has 0 saturated carbocycles. The van der Waals surface area contributed by atoms with Gasteiger partial charge in [0.25, 0.3) is 0 Å². The molecule has 0 atom stereocenters. The van der Waals surface area contributed by atoms with Crippen molar-refractivity contribution in [2.45, 2.75) is 18.7 Å². The lowest BCUT2D eigenvalue weighted by Gasteiger charge is -2.10. The van der Waals surface area contributed by atoms with Gasteiger partial charge in [0.15, 0.2) is 0 Å². The molecule has 1 amide bonds. The summed E-state index contributed by atoms with van der Waals surface area (Å²) in [5.41, 5.74) is 8.84. The second-order valence-corrected chi connectivity index (χ2v) is 5.78. The van der Waals surface area contributed by atoms with Gasteiger partial charge in [-0.2, -0.15) is 0 Å². The van der Waals surface area contributed by atoms with Crippen molar-refractivity contribution in [2.75, 3.05) is 16.8 Å². The molecule has 0 bridgehead atoms. The van der Waals surface area contributed by atoms with Crippen molar-refractivity contribution in [3.63, 3.8) is 0 Å². The lowest BCUT2D eigenvalue weighted by molar-refractivity contribution is -0.113. The summed E-state index contributed by atoms with van der Waals surface area (Å²) < 4.78 is 13.2. The van der Waals surface area contributed by atoms with Gasteiger partial charge in [-0.05, 0) is 49.2 Å². The molecule has 3 nitrogen and oxygen atoms in total. The quantitative estimate of drug-likeness (QED) is 0.668. The van der Waals surface area contributed by atoms with Crippen molar-refractivity contribution >= 4 is 29.0 Å². The second-order valence-electron chi connectivity index (χ2n) is 4.77. The van der Waals surface area contributed by atoms with Crippen LogP contribution in [-0.2, 0) is 4.79 Å². The molecule has 0 heterocycles. The van der Waals surface area contributed by atoms with Crippen LogP contribution in [0.1, 0.15) is 11.1 Å². The van der Waals surface area contributed by atoms with Gasteiger partial charge in [-0.25, -0.2) is 4.39 Å². The molecule has 2 rings (SSSR count). The van der Waals surface area contributed by atoms with Gasteiger partial charge in [0.05, 0.1) is 5.75 Å². The van der Waals surface area contributed by atoms with E-state index in [2.05, 4.69) is 5.32 Å². The maximum absolute atomic E-state index is 13.2. The monoisotopic (exact) mass is 304 g/mol. The molecule has 0 aliphatic heterocycles. The van der Waals surface area contributed by atoms with E-state index in [0.717, 1.165) is 16.0 Å². The van der Waals surface area contributed by atoms with E-state index in [1.54, 1.807) is 6.07 Å². The summed E-state index contributed by atoms with van der Waals surface area (Å²) in [6, 6.07) is 9.95. The first kappa shape index (κ1) is 15.4. The molecule has 110 valence electrons. The van der Waals surface area contributed by atoms with E-state index in [1.165, 1.54) is 23.9 Å². The van der Waals surface area contributed by atoms with E-state index in [-0.39, 0.29) is 17.5 Å². The van der Waals surface area contributed by atoms with Crippen molar-refractivity contribution < 1.29 is 9.18 Å². The van der Waals surface area contributed by atoms with E-state index < -0.39 is 0 Å². The Morgan fingerprint density at radius 3 is 2.81 bits per heavy atom. The number of carbonyl (C=O) groups excluding carboxylic acids is 1. The molecular weight excluding hydrogens is 287 g/mol. The van der Waals surface area contributed by atoms with Crippen molar-refractivity contribution in [1.82, 2.24) is 0 Å². The van der Waals surface area contributed by atoms with Crippen molar-refractivity contribution in [3.05, 3.63) is 53.3 Å². The van der Waals surface area contributed by atoms with Gasteiger partial charge in [-0.15, -0.1) is 11.8 Å². The number of aryl methyl sites for hydroxylation is 1. The number of hydrogen-bond acceptors (Lipinski definition) is 3. The Morgan fingerprint density at radius 2 is 2.05 bits per heavy atom. The Labute approximate surface area is 127 Å². The molecule has 0 spiro atoms. The van der Waals surface area contributed by atoms with Gasteiger partial charge in [-0.1, -0.05) is 12.1 Å². The smallest absolute Gasteiger partial charge is 0.234 e. The van der Waals surface area contributed by atoms with Gasteiger partial charge in [0, 0.05) is 16.3 Å². The Hall–Kier alpha value is -2.01. The first-order chi connectivity index (χ1) is 9.97. The van der Waals surface area contributed by atoms with Crippen LogP contribution in [0.3, 0.4) is 0 Å². The number of carbonyl (C=O) groups is 1. The minimum Gasteiger partial charge on any atom is -0.398 e. The zero-order valence-corrected chi connectivity index (χ0v) is 12.8. The highest BCUT2D eigenvalue weighted by molar-refractivity contribution is 8.00. The predicted octanol–water partition coefficient (Wildman–Crippen LogP) is 3.76. The summed E-state index contributed by atoms with van der Waals surface area (Å²) in [6.07, 6.45) is 0. The molecule has 0 unspecified atom stereocenters. The Bertz CT molecular complexity index is 673. The highest BCUT2D eigenvalue weighted by Gasteiger charge is 2.08. The van der Waals surface area contributed by atoms with Crippen LogP contribution >= 0.6 is 11.8 Å². The molecule has 2 aromatic rings. The number of hydrogen-bond donors (Lipinski definition) is 2. The number of nitrogens with one attached hydrogen (secondary N) is 1. The Kier molecular flexibility index (Phi) is 4.85. The van der Waals surface area contributed by atoms with Crippen LogP contribution in [0.4, 0.5) is 15.8 Å². The van der Waals surface area contributed by atoms with Gasteiger partial charge in [0.2, 0.25) is 5.91 Å². The van der Waals surface area contributed by atoms with E-state index in [1.807, 2.05) is 32.0 Å². The van der Waals surface area contributed by atoms with Crippen LogP contribution < -0.4 is 11.1 Å². The van der Waals surface area contributed by atoms with Gasteiger partial charge >= 0.3 is 0 Å². The van der Waals surface area contributed by atoms with Gasteiger partial charge in [0.1, 0.15) is 5.82 Å². The molecule has 2 aromatic carbocycles. The third-order valence-electron chi connectivity index (χ3n) is 3.16. The Morgan fingerprint density at radius 1 is 1.29 bits per heavy atom. The summed E-state index contributed by atoms with van der Waals surface area (Å²) in [5, 5.41) is 2.72. The van der Waals surface area contributed by atoms with Crippen LogP contribution in [0.5, 0.6) is 0 Å². The molecular formula is C16H17FN2OS. The van der Waals surface area contributed by atoms with Crippen LogP contribution in [0, 0.1) is 19.7 Å². The van der Waals surface area contributed by atoms with Crippen LogP contribution in [0.25, 0.3) is 0 Å². The molecule has 0 saturated heterocycles. The van der Waals surface area contributed by atoms with E-state index >= 15 is 0 Å². The third-order valence-corrected chi connectivity index (χ3v) is 4.32. The zero-order chi connectivity index (χ0) is 15.4. The highest BCUT2D eigenvalue weighted by atomic mass is 32.2. The van der Waals surface area contributed by atoms with Crippen molar-refractivity contribution in [1.29, 1.82) is 0 Å². The fraction of sp³-hybridized carbons (Fsp3) is 0.188. The lowest BCUT2D eigenvalue weighted by Crippen LogP contribution is -2.15. The summed E-state index contributed by atoms with van der Waals surface area (Å²) in [6.45, 7) is 3.75. The van der Waals surface area contributed by atoms with Crippen LogP contribution in [0.15, 0.2) is 41.3 Å². The van der Waals surface area contributed by atoms with E-state index in [9.17, 15) is 9.18 Å². The third kappa shape index (κ3) is 3.98. The van der Waals surface area contributed by atoms with Crippen molar-refractivity contribution in [3.8, 4) is 0 Å². The fourth-order valence-electron chi connectivity index (χ4n) is 1.85. The minimum atomic E-state index is -0.366. The molecule has 0 aliphatic rings. The number of amides is 1. The van der Waals surface area contributed by atoms with Gasteiger partial charge < -0.3 is 11.1 Å². The number of nitrogen functional groups attached to an aromatic ring is 1. The molecule has 0 radical (unpaired) electrons. The number of anilines is 2. The number of benzene rings is 2. The Balaban J connectivity index is 1.99. The molecule has 5 heteroatoms. The average Bonchev–Trinajstić information content (AvgIpc) is 2.44. The van der Waals surface area contributed by atoms with E-state index in [0.29, 0.717) is 11.4 Å². The number of rotatable bonds is 4. The van der Waals surface area contributed by atoms with Crippen LogP contribution in [-0.4, -0.2) is 11.7 Å². The first-order valence-corrected chi connectivity index (χ1v) is 7.50. The molecule has 0 aliphatic carbocycles. The molecule has 21 heavy (non-hydrogen) atoms. The largest absolute Gasteiger partial charge is 0.398 e.